The van der Waals surface area contributed by atoms with Gasteiger partial charge in [-0.3, -0.25) is 14.3 Å². The number of thiazole rings is 1. The van der Waals surface area contributed by atoms with Crippen molar-refractivity contribution in [3.8, 4) is 0 Å². The number of aromatic nitrogens is 2. The van der Waals surface area contributed by atoms with Gasteiger partial charge in [-0.15, -0.1) is 11.3 Å². The molecule has 1 aromatic carbocycles. The van der Waals surface area contributed by atoms with E-state index in [0.29, 0.717) is 4.53 Å². The van der Waals surface area contributed by atoms with Crippen LogP contribution in [0.5, 0.6) is 0 Å². The fourth-order valence-electron chi connectivity index (χ4n) is 4.33. The maximum atomic E-state index is 13.5. The van der Waals surface area contributed by atoms with E-state index in [4.69, 9.17) is 4.99 Å². The van der Waals surface area contributed by atoms with Gasteiger partial charge in [0.25, 0.3) is 5.56 Å². The molecule has 4 nitrogen and oxygen atoms in total. The van der Waals surface area contributed by atoms with Crippen molar-refractivity contribution in [1.29, 1.82) is 0 Å². The van der Waals surface area contributed by atoms with E-state index in [-0.39, 0.29) is 11.6 Å². The van der Waals surface area contributed by atoms with Crippen LogP contribution in [-0.2, 0) is 6.42 Å². The Bertz CT molecular complexity index is 1460. The molecule has 0 spiro atoms. The van der Waals surface area contributed by atoms with Crippen LogP contribution in [0.1, 0.15) is 34.0 Å². The van der Waals surface area contributed by atoms with Crippen LogP contribution in [0.25, 0.3) is 11.8 Å². The summed E-state index contributed by atoms with van der Waals surface area (Å²) in [5.41, 5.74) is 5.83. The summed E-state index contributed by atoms with van der Waals surface area (Å²) in [6, 6.07) is 16.4. The van der Waals surface area contributed by atoms with Crippen LogP contribution in [0.4, 0.5) is 0 Å². The van der Waals surface area contributed by atoms with Gasteiger partial charge in [0.1, 0.15) is 0 Å². The lowest BCUT2D eigenvalue weighted by Gasteiger charge is -2.30. The van der Waals surface area contributed by atoms with Crippen LogP contribution >= 0.6 is 22.7 Å². The molecule has 0 N–H and O–H groups in total. The molecular formula is C24H17N3OS2. The molecule has 1 unspecified atom stereocenters. The molecule has 4 heterocycles. The zero-order valence-corrected chi connectivity index (χ0v) is 17.6. The molecule has 4 aromatic rings. The highest BCUT2D eigenvalue weighted by molar-refractivity contribution is 7.10. The standard InChI is InChI=1S/C24H17N3OS2/c28-23-20(14-15-9-11-25-12-10-15)30-24-26-21-17-5-2-1-4-16(17)7-8-18(21)22(27(23)24)19-6-3-13-29-19/h1-6,9-14,22H,7-8H2/b20-14+. The van der Waals surface area contributed by atoms with E-state index < -0.39 is 0 Å². The maximum absolute atomic E-state index is 13.5. The maximum Gasteiger partial charge on any atom is 0.271 e. The normalized spacial score (nSPS) is 17.9. The highest BCUT2D eigenvalue weighted by atomic mass is 32.1. The molecule has 6 rings (SSSR count). The topological polar surface area (TPSA) is 47.2 Å². The van der Waals surface area contributed by atoms with Gasteiger partial charge in [-0.25, -0.2) is 4.99 Å². The number of benzene rings is 1. The Labute approximate surface area is 180 Å². The van der Waals surface area contributed by atoms with Crippen molar-refractivity contribution in [2.75, 3.05) is 0 Å². The Morgan fingerprint density at radius 3 is 2.73 bits per heavy atom. The molecule has 1 aliphatic heterocycles. The highest BCUT2D eigenvalue weighted by Crippen LogP contribution is 2.42. The van der Waals surface area contributed by atoms with Gasteiger partial charge in [0.15, 0.2) is 4.80 Å². The molecule has 1 aliphatic carbocycles. The van der Waals surface area contributed by atoms with Gasteiger partial charge in [0, 0.05) is 22.8 Å². The van der Waals surface area contributed by atoms with E-state index in [2.05, 4.69) is 46.8 Å². The van der Waals surface area contributed by atoms with Gasteiger partial charge in [0.05, 0.1) is 16.3 Å². The van der Waals surface area contributed by atoms with Crippen molar-refractivity contribution in [2.45, 2.75) is 18.9 Å². The lowest BCUT2D eigenvalue weighted by Crippen LogP contribution is -2.38. The van der Waals surface area contributed by atoms with E-state index in [0.717, 1.165) is 28.9 Å². The highest BCUT2D eigenvalue weighted by Gasteiger charge is 2.32. The lowest BCUT2D eigenvalue weighted by molar-refractivity contribution is 0.593. The van der Waals surface area contributed by atoms with Crippen LogP contribution < -0.4 is 14.9 Å². The fraction of sp³-hybridized carbons (Fsp3) is 0.125. The van der Waals surface area contributed by atoms with Crippen molar-refractivity contribution >= 4 is 34.4 Å². The summed E-state index contributed by atoms with van der Waals surface area (Å²) in [7, 11) is 0. The van der Waals surface area contributed by atoms with E-state index in [1.54, 1.807) is 23.7 Å². The number of pyridine rings is 1. The number of nitrogens with zero attached hydrogens (tertiary/aromatic N) is 3. The second kappa shape index (κ2) is 7.00. The third-order valence-corrected chi connectivity index (χ3v) is 7.60. The number of allylic oxidation sites excluding steroid dienone is 1. The zero-order chi connectivity index (χ0) is 20.1. The Morgan fingerprint density at radius 1 is 1.03 bits per heavy atom. The van der Waals surface area contributed by atoms with Crippen LogP contribution in [0, 0.1) is 0 Å². The predicted octanol–water partition coefficient (Wildman–Crippen LogP) is 3.78. The molecule has 0 fully saturated rings. The molecule has 0 radical (unpaired) electrons. The summed E-state index contributed by atoms with van der Waals surface area (Å²) < 4.78 is 2.60. The molecule has 30 heavy (non-hydrogen) atoms. The summed E-state index contributed by atoms with van der Waals surface area (Å²) >= 11 is 3.17. The smallest absolute Gasteiger partial charge is 0.271 e. The lowest BCUT2D eigenvalue weighted by atomic mass is 9.85. The van der Waals surface area contributed by atoms with Crippen molar-refractivity contribution < 1.29 is 0 Å². The third kappa shape index (κ3) is 2.75. The molecule has 0 amide bonds. The van der Waals surface area contributed by atoms with Gasteiger partial charge in [0.2, 0.25) is 0 Å². The Balaban J connectivity index is 1.64. The first-order valence-corrected chi connectivity index (χ1v) is 11.6. The van der Waals surface area contributed by atoms with Gasteiger partial charge >= 0.3 is 0 Å². The van der Waals surface area contributed by atoms with Crippen molar-refractivity contribution in [3.05, 3.63) is 113 Å². The van der Waals surface area contributed by atoms with E-state index in [9.17, 15) is 4.79 Å². The Hall–Kier alpha value is -3.09. The minimum absolute atomic E-state index is 0.0272. The number of hydrogen-bond donors (Lipinski definition) is 0. The molecule has 2 aliphatic rings. The second-order valence-corrected chi connectivity index (χ2v) is 9.40. The molecule has 1 atom stereocenters. The SMILES string of the molecule is O=c1/c(=C\c2ccncc2)sc2n1C(c1cccs1)C1=C(N=2)c2ccccc2CC1. The predicted molar refractivity (Wildman–Crippen MR) is 121 cm³/mol. The number of rotatable bonds is 2. The summed E-state index contributed by atoms with van der Waals surface area (Å²) in [6.07, 6.45) is 7.33. The summed E-state index contributed by atoms with van der Waals surface area (Å²) in [5, 5.41) is 2.08. The molecule has 3 aromatic heterocycles. The fourth-order valence-corrected chi connectivity index (χ4v) is 6.18. The second-order valence-electron chi connectivity index (χ2n) is 7.41. The van der Waals surface area contributed by atoms with E-state index >= 15 is 0 Å². The largest absolute Gasteiger partial charge is 0.271 e. The van der Waals surface area contributed by atoms with Gasteiger partial charge in [-0.1, -0.05) is 41.7 Å². The van der Waals surface area contributed by atoms with Crippen LogP contribution in [0.3, 0.4) is 0 Å². The van der Waals surface area contributed by atoms with Crippen LogP contribution in [0.15, 0.2) is 81.7 Å². The van der Waals surface area contributed by atoms with Gasteiger partial charge in [-0.2, -0.15) is 0 Å². The molecule has 6 heteroatoms. The van der Waals surface area contributed by atoms with E-state index in [1.165, 1.54) is 32.9 Å². The third-order valence-electron chi connectivity index (χ3n) is 5.69. The molecule has 0 saturated carbocycles. The van der Waals surface area contributed by atoms with Crippen molar-refractivity contribution in [2.24, 2.45) is 4.99 Å². The van der Waals surface area contributed by atoms with E-state index in [1.807, 2.05) is 22.8 Å². The number of aryl methyl sites for hydroxylation is 1. The average molecular weight is 428 g/mol. The monoisotopic (exact) mass is 427 g/mol. The summed E-state index contributed by atoms with van der Waals surface area (Å²) in [4.78, 5) is 24.5. The first-order valence-electron chi connectivity index (χ1n) is 9.86. The minimum atomic E-state index is -0.0794. The number of thiophene rings is 1. The van der Waals surface area contributed by atoms with Gasteiger partial charge < -0.3 is 0 Å². The number of hydrogen-bond acceptors (Lipinski definition) is 5. The molecule has 146 valence electrons. The Morgan fingerprint density at radius 2 is 1.90 bits per heavy atom. The Kier molecular flexibility index (Phi) is 4.14. The van der Waals surface area contributed by atoms with Crippen LogP contribution in [-0.4, -0.2) is 9.55 Å². The minimum Gasteiger partial charge on any atom is -0.271 e. The molecule has 0 bridgehead atoms. The average Bonchev–Trinajstić information content (AvgIpc) is 3.42. The first-order chi connectivity index (χ1) is 14.8. The van der Waals surface area contributed by atoms with Gasteiger partial charge in [-0.05, 0) is 59.2 Å². The summed E-state index contributed by atoms with van der Waals surface area (Å²) in [6.45, 7) is 0. The summed E-state index contributed by atoms with van der Waals surface area (Å²) in [5.74, 6) is 0. The molecular weight excluding hydrogens is 410 g/mol. The van der Waals surface area contributed by atoms with Crippen molar-refractivity contribution in [1.82, 2.24) is 9.55 Å². The number of fused-ring (bicyclic) bond motifs is 3. The first kappa shape index (κ1) is 17.7. The van der Waals surface area contributed by atoms with Crippen molar-refractivity contribution in [3.63, 3.8) is 0 Å². The molecule has 0 saturated heterocycles. The van der Waals surface area contributed by atoms with Crippen LogP contribution in [0.2, 0.25) is 0 Å². The quantitative estimate of drug-likeness (QED) is 0.489. The zero-order valence-electron chi connectivity index (χ0n) is 16.0.